The zero-order chi connectivity index (χ0) is 24.9. The van der Waals surface area contributed by atoms with E-state index in [1.165, 1.54) is 0 Å². The fraction of sp³-hybridized carbons (Fsp3) is 0.280. The third kappa shape index (κ3) is 5.44. The Kier molecular flexibility index (Phi) is 7.62. The van der Waals surface area contributed by atoms with Crippen LogP contribution in [0.25, 0.3) is 28.0 Å². The average Bonchev–Trinajstić information content (AvgIpc) is 3.31. The van der Waals surface area contributed by atoms with Crippen LogP contribution in [0.1, 0.15) is 37.3 Å². The summed E-state index contributed by atoms with van der Waals surface area (Å²) in [5, 5.41) is 18.4. The van der Waals surface area contributed by atoms with Crippen LogP contribution in [0.2, 0.25) is 0 Å². The second-order valence-corrected chi connectivity index (χ2v) is 9.07. The lowest BCUT2D eigenvalue weighted by Gasteiger charge is -2.28. The summed E-state index contributed by atoms with van der Waals surface area (Å²) in [6.07, 6.45) is 6.36. The van der Waals surface area contributed by atoms with E-state index in [9.17, 15) is 0 Å². The molecule has 0 saturated heterocycles. The third-order valence-corrected chi connectivity index (χ3v) is 7.00. The number of pyridine rings is 1. The fourth-order valence-electron chi connectivity index (χ4n) is 4.39. The van der Waals surface area contributed by atoms with Crippen LogP contribution in [-0.4, -0.2) is 49.2 Å². The van der Waals surface area contributed by atoms with Gasteiger partial charge in [0.25, 0.3) is 0 Å². The first kappa shape index (κ1) is 24.6. The molecule has 0 amide bonds. The number of benzene rings is 1. The number of nitrogens with zero attached hydrogens (tertiary/aromatic N) is 4. The van der Waals surface area contributed by atoms with Crippen molar-refractivity contribution in [2.24, 2.45) is 0 Å². The summed E-state index contributed by atoms with van der Waals surface area (Å²) < 4.78 is 8.07. The summed E-state index contributed by atoms with van der Waals surface area (Å²) in [5.41, 5.74) is 12.1. The molecule has 35 heavy (non-hydrogen) atoms. The normalized spacial score (nSPS) is 17.5. The highest BCUT2D eigenvalue weighted by Gasteiger charge is 2.27. The van der Waals surface area contributed by atoms with Gasteiger partial charge in [-0.15, -0.1) is 0 Å². The van der Waals surface area contributed by atoms with E-state index in [0.29, 0.717) is 17.8 Å². The number of carboxylic acid groups (broad SMARTS) is 2. The summed E-state index contributed by atoms with van der Waals surface area (Å²) in [6, 6.07) is 14.2. The number of methoxy groups -OCH3 is 1. The Morgan fingerprint density at radius 1 is 1.06 bits per heavy atom. The minimum atomic E-state index is -1.83. The quantitative estimate of drug-likeness (QED) is 0.300. The molecule has 1 fully saturated rings. The molecule has 4 N–H and O–H groups in total. The molecule has 1 aliphatic carbocycles. The van der Waals surface area contributed by atoms with E-state index in [0.717, 1.165) is 63.9 Å². The number of nitrogen functional groups attached to an aromatic ring is 1. The minimum Gasteiger partial charge on any atom is -0.450 e. The first-order chi connectivity index (χ1) is 16.9. The topological polar surface area (TPSA) is 136 Å². The van der Waals surface area contributed by atoms with Crippen molar-refractivity contribution in [3.8, 4) is 22.4 Å². The summed E-state index contributed by atoms with van der Waals surface area (Å²) in [4.78, 5) is 18.3. The van der Waals surface area contributed by atoms with E-state index in [2.05, 4.69) is 44.2 Å². The third-order valence-electron chi connectivity index (χ3n) is 6.19. The van der Waals surface area contributed by atoms with Crippen LogP contribution < -0.4 is 5.73 Å². The maximum Gasteiger partial charge on any atom is 0.503 e. The monoisotopic (exact) mass is 539 g/mol. The molecule has 4 aromatic rings. The Morgan fingerprint density at radius 2 is 1.74 bits per heavy atom. The Labute approximate surface area is 210 Å². The van der Waals surface area contributed by atoms with Crippen molar-refractivity contribution < 1.29 is 19.7 Å². The molecular formula is C25H26BrN5O4. The van der Waals surface area contributed by atoms with Gasteiger partial charge in [0, 0.05) is 35.9 Å². The van der Waals surface area contributed by atoms with Crippen LogP contribution in [0.5, 0.6) is 0 Å². The highest BCUT2D eigenvalue weighted by atomic mass is 79.9. The average molecular weight is 540 g/mol. The molecule has 1 aliphatic rings. The highest BCUT2D eigenvalue weighted by molar-refractivity contribution is 9.10. The Balaban J connectivity index is 0.000000672. The van der Waals surface area contributed by atoms with E-state index in [-0.39, 0.29) is 0 Å². The van der Waals surface area contributed by atoms with E-state index >= 15 is 0 Å². The number of fused-ring (bicyclic) bond motifs is 1. The van der Waals surface area contributed by atoms with Gasteiger partial charge in [-0.05, 0) is 47.7 Å². The molecule has 0 unspecified atom stereocenters. The zero-order valence-electron chi connectivity index (χ0n) is 19.1. The van der Waals surface area contributed by atoms with Gasteiger partial charge in [0.15, 0.2) is 5.65 Å². The number of rotatable bonds is 4. The molecule has 0 aliphatic heterocycles. The highest BCUT2D eigenvalue weighted by Crippen LogP contribution is 2.39. The van der Waals surface area contributed by atoms with Crippen molar-refractivity contribution in [1.29, 1.82) is 0 Å². The molecule has 5 rings (SSSR count). The molecular weight excluding hydrogens is 514 g/mol. The molecule has 3 heterocycles. The van der Waals surface area contributed by atoms with Crippen LogP contribution >= 0.6 is 15.9 Å². The first-order valence-electron chi connectivity index (χ1n) is 11.2. The minimum absolute atomic E-state index is 0.343. The van der Waals surface area contributed by atoms with Gasteiger partial charge in [0.2, 0.25) is 0 Å². The number of halogens is 1. The van der Waals surface area contributed by atoms with Crippen molar-refractivity contribution in [2.75, 3.05) is 12.8 Å². The van der Waals surface area contributed by atoms with E-state index < -0.39 is 6.16 Å². The van der Waals surface area contributed by atoms with Gasteiger partial charge in [-0.1, -0.05) is 36.4 Å². The summed E-state index contributed by atoms with van der Waals surface area (Å²) in [5.74, 6) is 0.934. The van der Waals surface area contributed by atoms with Crippen molar-refractivity contribution >= 4 is 33.6 Å². The molecule has 9 nitrogen and oxygen atoms in total. The fourth-order valence-corrected chi connectivity index (χ4v) is 4.97. The molecule has 10 heteroatoms. The van der Waals surface area contributed by atoms with Gasteiger partial charge in [-0.2, -0.15) is 9.61 Å². The predicted molar refractivity (Wildman–Crippen MR) is 136 cm³/mol. The van der Waals surface area contributed by atoms with Crippen LogP contribution in [-0.2, 0) is 4.74 Å². The molecule has 0 radical (unpaired) electrons. The lowest BCUT2D eigenvalue weighted by molar-refractivity contribution is 0.0654. The van der Waals surface area contributed by atoms with E-state index in [4.69, 9.17) is 30.5 Å². The number of aromatic nitrogens is 4. The number of anilines is 1. The van der Waals surface area contributed by atoms with E-state index in [1.54, 1.807) is 11.6 Å². The number of hydrogen-bond donors (Lipinski definition) is 3. The Hall–Kier alpha value is -3.50. The molecule has 0 spiro atoms. The number of ether oxygens (including phenoxy) is 1. The molecule has 3 aromatic heterocycles. The van der Waals surface area contributed by atoms with Crippen molar-refractivity contribution in [3.05, 3.63) is 65.0 Å². The maximum atomic E-state index is 8.56. The number of hydrogen-bond acceptors (Lipinski definition) is 6. The van der Waals surface area contributed by atoms with Crippen molar-refractivity contribution in [3.63, 3.8) is 0 Å². The van der Waals surface area contributed by atoms with Gasteiger partial charge < -0.3 is 20.7 Å². The van der Waals surface area contributed by atoms with Crippen LogP contribution in [0.3, 0.4) is 0 Å². The second kappa shape index (κ2) is 10.8. The Bertz CT molecular complexity index is 1300. The summed E-state index contributed by atoms with van der Waals surface area (Å²) >= 11 is 3.68. The molecule has 0 bridgehead atoms. The van der Waals surface area contributed by atoms with Gasteiger partial charge in [-0.25, -0.2) is 9.78 Å². The van der Waals surface area contributed by atoms with Crippen molar-refractivity contribution in [1.82, 2.24) is 19.6 Å². The maximum absolute atomic E-state index is 8.56. The van der Waals surface area contributed by atoms with E-state index in [1.807, 2.05) is 36.7 Å². The molecule has 182 valence electrons. The van der Waals surface area contributed by atoms with Crippen LogP contribution in [0.4, 0.5) is 10.6 Å². The first-order valence-corrected chi connectivity index (χ1v) is 12.0. The Morgan fingerprint density at radius 3 is 2.34 bits per heavy atom. The predicted octanol–water partition coefficient (Wildman–Crippen LogP) is 5.70. The van der Waals surface area contributed by atoms with Gasteiger partial charge >= 0.3 is 6.16 Å². The summed E-state index contributed by atoms with van der Waals surface area (Å²) in [7, 11) is 1.79. The SMILES string of the molecule is COC1CCC(c2nc3c(-c4ccc(-c5ccccc5)nc4)cnn3c(N)c2Br)CC1.O=C(O)O. The standard InChI is InChI=1S/C24H24BrN5O.CH2O3/c1-31-18-10-7-16(8-11-18)22-21(25)23(26)30-24(29-22)19(14-28-30)17-9-12-20(27-13-17)15-5-3-2-4-6-15;2-1(3)4/h2-6,9,12-14,16,18H,7-8,10-11,26H2,1H3;(H2,2,3,4). The van der Waals surface area contributed by atoms with Gasteiger partial charge in [-0.3, -0.25) is 4.98 Å². The largest absolute Gasteiger partial charge is 0.503 e. The molecule has 0 atom stereocenters. The zero-order valence-corrected chi connectivity index (χ0v) is 20.7. The number of carbonyl (C=O) groups is 1. The second-order valence-electron chi connectivity index (χ2n) is 8.28. The lowest BCUT2D eigenvalue weighted by atomic mass is 9.85. The number of nitrogens with two attached hydrogens (primary N) is 1. The van der Waals surface area contributed by atoms with Crippen LogP contribution in [0.15, 0.2) is 59.3 Å². The molecule has 1 aromatic carbocycles. The van der Waals surface area contributed by atoms with Crippen molar-refractivity contribution in [2.45, 2.75) is 37.7 Å². The summed E-state index contributed by atoms with van der Waals surface area (Å²) in [6.45, 7) is 0. The smallest absolute Gasteiger partial charge is 0.450 e. The van der Waals surface area contributed by atoms with Gasteiger partial charge in [0.1, 0.15) is 5.82 Å². The van der Waals surface area contributed by atoms with Gasteiger partial charge in [0.05, 0.1) is 28.2 Å². The molecule has 1 saturated carbocycles. The lowest BCUT2D eigenvalue weighted by Crippen LogP contribution is -2.20. The van der Waals surface area contributed by atoms with Crippen LogP contribution in [0, 0.1) is 0 Å².